The Morgan fingerprint density at radius 1 is 1.22 bits per heavy atom. The van der Waals surface area contributed by atoms with E-state index in [1.165, 1.54) is 17.7 Å². The third kappa shape index (κ3) is 4.20. The summed E-state index contributed by atoms with van der Waals surface area (Å²) in [4.78, 5) is 24.3. The molecule has 5 rings (SSSR count). The molecule has 174 valence electrons. The third-order valence-electron chi connectivity index (χ3n) is 7.04. The van der Waals surface area contributed by atoms with Gasteiger partial charge in [0, 0.05) is 30.4 Å². The molecule has 0 bridgehead atoms. The first-order valence-corrected chi connectivity index (χ1v) is 12.2. The Labute approximate surface area is 189 Å². The maximum Gasteiger partial charge on any atom is 0.324 e. The van der Waals surface area contributed by atoms with Crippen molar-refractivity contribution in [3.63, 3.8) is 0 Å². The highest BCUT2D eigenvalue weighted by Gasteiger charge is 2.43. The number of amides is 1. The van der Waals surface area contributed by atoms with E-state index in [1.54, 1.807) is 0 Å². The van der Waals surface area contributed by atoms with Crippen LogP contribution in [0.3, 0.4) is 0 Å². The number of hydrogen-bond acceptors (Lipinski definition) is 7. The van der Waals surface area contributed by atoms with Gasteiger partial charge in [-0.1, -0.05) is 0 Å². The quantitative estimate of drug-likeness (QED) is 0.703. The number of carbonyl (C=O) groups excluding carboxylic acids is 1. The predicted octanol–water partition coefficient (Wildman–Crippen LogP) is 3.25. The molecule has 2 aliphatic carbocycles. The average molecular weight is 467 g/mol. The fourth-order valence-electron chi connectivity index (χ4n) is 5.37. The number of carbonyl (C=O) groups is 1. The van der Waals surface area contributed by atoms with E-state index in [0.717, 1.165) is 72.6 Å². The van der Waals surface area contributed by atoms with Crippen LogP contribution in [0.5, 0.6) is 5.88 Å². The van der Waals surface area contributed by atoms with Crippen molar-refractivity contribution in [2.45, 2.75) is 68.9 Å². The molecule has 0 spiro atoms. The van der Waals surface area contributed by atoms with E-state index >= 15 is 0 Å². The minimum atomic E-state index is -3.53. The minimum absolute atomic E-state index is 0.0489. The lowest BCUT2D eigenvalue weighted by Gasteiger charge is -2.38. The summed E-state index contributed by atoms with van der Waals surface area (Å²) in [6.45, 7) is 3.57. The van der Waals surface area contributed by atoms with Crippen LogP contribution in [0.1, 0.15) is 54.9 Å². The first kappa shape index (κ1) is 21.9. The normalized spacial score (nSPS) is 26.9. The number of ether oxygens (including phenoxy) is 2. The van der Waals surface area contributed by atoms with Gasteiger partial charge in [0.25, 0.3) is 5.91 Å². The fourth-order valence-corrected chi connectivity index (χ4v) is 6.60. The van der Waals surface area contributed by atoms with Crippen molar-refractivity contribution in [2.75, 3.05) is 26.3 Å². The SMILES string of the molecule is NC(=O)C(F)(F)CC1CCc2sc3ncnc(OC4CCC(N5CCOCC5)CC4)c3c21. The van der Waals surface area contributed by atoms with Gasteiger partial charge in [0.15, 0.2) is 0 Å². The molecular weight excluding hydrogens is 438 g/mol. The topological polar surface area (TPSA) is 90.6 Å². The lowest BCUT2D eigenvalue weighted by Crippen LogP contribution is -2.46. The van der Waals surface area contributed by atoms with Crippen molar-refractivity contribution in [3.8, 4) is 5.88 Å². The molecule has 10 heteroatoms. The Bertz CT molecular complexity index is 987. The van der Waals surface area contributed by atoms with Crippen molar-refractivity contribution in [1.82, 2.24) is 14.9 Å². The molecule has 0 radical (unpaired) electrons. The van der Waals surface area contributed by atoms with E-state index in [-0.39, 0.29) is 6.10 Å². The van der Waals surface area contributed by atoms with E-state index in [1.807, 2.05) is 0 Å². The standard InChI is InChI=1S/C22H28F2N4O3S/c23-22(24,21(25)29)11-13-1-6-16-17(13)18-19(26-12-27-20(18)32-16)31-15-4-2-14(3-5-15)28-7-9-30-10-8-28/h12-15H,1-11H2,(H2,25,29). The number of thiophene rings is 1. The number of morpholine rings is 1. The second-order valence-electron chi connectivity index (χ2n) is 9.00. The van der Waals surface area contributed by atoms with Gasteiger partial charge >= 0.3 is 5.92 Å². The number of aromatic nitrogens is 2. The van der Waals surface area contributed by atoms with Crippen molar-refractivity contribution in [1.29, 1.82) is 0 Å². The monoisotopic (exact) mass is 466 g/mol. The fraction of sp³-hybridized carbons (Fsp3) is 0.682. The zero-order valence-corrected chi connectivity index (χ0v) is 18.7. The molecule has 32 heavy (non-hydrogen) atoms. The predicted molar refractivity (Wildman–Crippen MR) is 116 cm³/mol. The lowest BCUT2D eigenvalue weighted by atomic mass is 9.91. The summed E-state index contributed by atoms with van der Waals surface area (Å²) in [5.74, 6) is -5.08. The average Bonchev–Trinajstić information content (AvgIpc) is 3.35. The maximum atomic E-state index is 14.1. The van der Waals surface area contributed by atoms with Crippen LogP contribution < -0.4 is 10.5 Å². The van der Waals surface area contributed by atoms with Crippen molar-refractivity contribution in [3.05, 3.63) is 16.8 Å². The van der Waals surface area contributed by atoms with Crippen molar-refractivity contribution >= 4 is 27.5 Å². The number of hydrogen-bond donors (Lipinski definition) is 1. The molecule has 3 aliphatic rings. The van der Waals surface area contributed by atoms with Gasteiger partial charge in [0.1, 0.15) is 17.3 Å². The summed E-state index contributed by atoms with van der Waals surface area (Å²) in [7, 11) is 0. The van der Waals surface area contributed by atoms with Crippen LogP contribution in [-0.2, 0) is 16.0 Å². The number of nitrogens with two attached hydrogens (primary N) is 1. The lowest BCUT2D eigenvalue weighted by molar-refractivity contribution is -0.143. The van der Waals surface area contributed by atoms with Crippen LogP contribution in [-0.4, -0.2) is 65.1 Å². The number of aryl methyl sites for hydroxylation is 1. The van der Waals surface area contributed by atoms with Gasteiger partial charge in [-0.25, -0.2) is 9.97 Å². The largest absolute Gasteiger partial charge is 0.474 e. The van der Waals surface area contributed by atoms with Gasteiger partial charge in [-0.3, -0.25) is 9.69 Å². The van der Waals surface area contributed by atoms with Crippen molar-refractivity contribution in [2.24, 2.45) is 5.73 Å². The molecule has 1 aliphatic heterocycles. The summed E-state index contributed by atoms with van der Waals surface area (Å²) in [6.07, 6.45) is 6.20. The number of rotatable bonds is 6. The Kier molecular flexibility index (Phi) is 6.02. The number of primary amides is 1. The first-order chi connectivity index (χ1) is 15.4. The van der Waals surface area contributed by atoms with Crippen LogP contribution >= 0.6 is 11.3 Å². The molecule has 2 N–H and O–H groups in total. The second-order valence-corrected chi connectivity index (χ2v) is 10.1. The molecule has 1 saturated heterocycles. The van der Waals surface area contributed by atoms with E-state index in [9.17, 15) is 13.6 Å². The highest BCUT2D eigenvalue weighted by atomic mass is 32.1. The van der Waals surface area contributed by atoms with Gasteiger partial charge in [-0.15, -0.1) is 11.3 Å². The zero-order valence-electron chi connectivity index (χ0n) is 17.9. The zero-order chi connectivity index (χ0) is 22.3. The maximum absolute atomic E-state index is 14.1. The number of fused-ring (bicyclic) bond motifs is 3. The molecule has 1 amide bonds. The summed E-state index contributed by atoms with van der Waals surface area (Å²) < 4.78 is 40.0. The molecular formula is C22H28F2N4O3S. The van der Waals surface area contributed by atoms with Gasteiger partial charge in [0.05, 0.1) is 18.6 Å². The highest BCUT2D eigenvalue weighted by molar-refractivity contribution is 7.19. The molecule has 1 saturated carbocycles. The second kappa shape index (κ2) is 8.79. The van der Waals surface area contributed by atoms with Crippen LogP contribution in [0.15, 0.2) is 6.33 Å². The molecule has 1 atom stereocenters. The smallest absolute Gasteiger partial charge is 0.324 e. The van der Waals surface area contributed by atoms with Crippen LogP contribution in [0.25, 0.3) is 10.2 Å². The molecule has 0 aromatic carbocycles. The molecule has 2 fully saturated rings. The van der Waals surface area contributed by atoms with Crippen molar-refractivity contribution < 1.29 is 23.0 Å². The Morgan fingerprint density at radius 3 is 2.69 bits per heavy atom. The van der Waals surface area contributed by atoms with Crippen LogP contribution in [0, 0.1) is 0 Å². The van der Waals surface area contributed by atoms with E-state index in [0.29, 0.717) is 24.8 Å². The number of alkyl halides is 2. The van der Waals surface area contributed by atoms with E-state index in [4.69, 9.17) is 15.2 Å². The summed E-state index contributed by atoms with van der Waals surface area (Å²) in [6, 6.07) is 0.565. The van der Waals surface area contributed by atoms with Gasteiger partial charge in [-0.2, -0.15) is 8.78 Å². The minimum Gasteiger partial charge on any atom is -0.474 e. The number of nitrogens with zero attached hydrogens (tertiary/aromatic N) is 3. The summed E-state index contributed by atoms with van der Waals surface area (Å²) in [5.41, 5.74) is 5.75. The molecule has 2 aromatic rings. The Hall–Kier alpha value is -1.91. The Morgan fingerprint density at radius 2 is 1.97 bits per heavy atom. The highest BCUT2D eigenvalue weighted by Crippen LogP contribution is 2.49. The van der Waals surface area contributed by atoms with Gasteiger partial charge in [0.2, 0.25) is 5.88 Å². The summed E-state index contributed by atoms with van der Waals surface area (Å²) in [5, 5.41) is 0.741. The van der Waals surface area contributed by atoms with Gasteiger partial charge < -0.3 is 15.2 Å². The molecule has 2 aromatic heterocycles. The molecule has 7 nitrogen and oxygen atoms in total. The van der Waals surface area contributed by atoms with Crippen LogP contribution in [0.2, 0.25) is 0 Å². The Balaban J connectivity index is 1.33. The molecule has 1 unspecified atom stereocenters. The van der Waals surface area contributed by atoms with E-state index < -0.39 is 24.2 Å². The first-order valence-electron chi connectivity index (χ1n) is 11.3. The van der Waals surface area contributed by atoms with Crippen LogP contribution in [0.4, 0.5) is 8.78 Å². The third-order valence-corrected chi connectivity index (χ3v) is 8.22. The summed E-state index contributed by atoms with van der Waals surface area (Å²) >= 11 is 1.51. The van der Waals surface area contributed by atoms with Gasteiger partial charge in [-0.05, 0) is 50.0 Å². The van der Waals surface area contributed by atoms with E-state index in [2.05, 4.69) is 14.9 Å². The number of halogens is 2. The molecule has 3 heterocycles.